The van der Waals surface area contributed by atoms with Gasteiger partial charge in [-0.3, -0.25) is 9.59 Å². The molecule has 2 N–H and O–H groups in total. The molecule has 1 aromatic rings. The zero-order valence-corrected chi connectivity index (χ0v) is 16.6. The number of esters is 1. The molecule has 2 amide bonds. The Morgan fingerprint density at radius 2 is 1.96 bits per heavy atom. The van der Waals surface area contributed by atoms with Crippen LogP contribution in [0.1, 0.15) is 36.5 Å². The summed E-state index contributed by atoms with van der Waals surface area (Å²) in [5, 5.41) is 5.50. The van der Waals surface area contributed by atoms with Crippen LogP contribution in [0, 0.1) is 0 Å². The van der Waals surface area contributed by atoms with Crippen molar-refractivity contribution in [3.8, 4) is 5.75 Å². The predicted molar refractivity (Wildman–Crippen MR) is 104 cm³/mol. The Morgan fingerprint density at radius 3 is 2.59 bits per heavy atom. The van der Waals surface area contributed by atoms with Crippen molar-refractivity contribution in [3.05, 3.63) is 29.8 Å². The Kier molecular flexibility index (Phi) is 7.97. The van der Waals surface area contributed by atoms with Crippen molar-refractivity contribution in [2.75, 3.05) is 19.1 Å². The second-order valence-corrected chi connectivity index (χ2v) is 7.36. The molecule has 1 aliphatic rings. The van der Waals surface area contributed by atoms with Crippen molar-refractivity contribution in [3.63, 3.8) is 0 Å². The van der Waals surface area contributed by atoms with Crippen LogP contribution in [-0.4, -0.2) is 55.1 Å². The van der Waals surface area contributed by atoms with Gasteiger partial charge in [0.25, 0.3) is 11.8 Å². The fourth-order valence-corrected chi connectivity index (χ4v) is 2.88. The second kappa shape index (κ2) is 10.2. The molecule has 1 aromatic carbocycles. The average Bonchev–Trinajstić information content (AvgIpc) is 3.48. The summed E-state index contributed by atoms with van der Waals surface area (Å²) < 4.78 is 10.5. The van der Waals surface area contributed by atoms with Gasteiger partial charge in [-0.15, -0.1) is 0 Å². The minimum atomic E-state index is -0.905. The van der Waals surface area contributed by atoms with Crippen LogP contribution in [0.4, 0.5) is 0 Å². The van der Waals surface area contributed by atoms with Crippen molar-refractivity contribution in [1.29, 1.82) is 0 Å². The van der Waals surface area contributed by atoms with Crippen LogP contribution < -0.4 is 15.4 Å². The number of benzene rings is 1. The smallest absolute Gasteiger partial charge is 0.329 e. The molecule has 0 aliphatic heterocycles. The number of ether oxygens (including phenoxy) is 2. The molecule has 0 radical (unpaired) electrons. The minimum Gasteiger partial charge on any atom is -0.496 e. The third-order valence-corrected chi connectivity index (χ3v) is 4.78. The Balaban J connectivity index is 2.00. The lowest BCUT2D eigenvalue weighted by Crippen LogP contribution is -2.45. The number of methoxy groups -OCH3 is 1. The summed E-state index contributed by atoms with van der Waals surface area (Å²) in [6.45, 7) is 1.53. The van der Waals surface area contributed by atoms with Gasteiger partial charge in [0, 0.05) is 6.04 Å². The number of para-hydroxylation sites is 1. The van der Waals surface area contributed by atoms with E-state index in [9.17, 15) is 14.4 Å². The third kappa shape index (κ3) is 6.46. The largest absolute Gasteiger partial charge is 0.496 e. The molecule has 0 aromatic heterocycles. The van der Waals surface area contributed by atoms with Crippen LogP contribution in [0.15, 0.2) is 24.3 Å². The molecule has 2 rings (SSSR count). The van der Waals surface area contributed by atoms with E-state index in [2.05, 4.69) is 10.6 Å². The first-order valence-corrected chi connectivity index (χ1v) is 10.3. The molecule has 0 spiro atoms. The van der Waals surface area contributed by atoms with Gasteiger partial charge in [-0.25, -0.2) is 4.79 Å². The number of amides is 2. The Morgan fingerprint density at radius 1 is 1.26 bits per heavy atom. The Bertz CT molecular complexity index is 678. The summed E-state index contributed by atoms with van der Waals surface area (Å²) in [5.74, 6) is -0.278. The Labute approximate surface area is 163 Å². The first kappa shape index (κ1) is 21.1. The van der Waals surface area contributed by atoms with Gasteiger partial charge < -0.3 is 20.1 Å². The van der Waals surface area contributed by atoms with E-state index in [0.29, 0.717) is 23.5 Å². The van der Waals surface area contributed by atoms with E-state index >= 15 is 0 Å². The number of carbonyl (C=O) groups is 3. The zero-order chi connectivity index (χ0) is 19.8. The molecule has 0 unspecified atom stereocenters. The molecule has 1 saturated carbocycles. The van der Waals surface area contributed by atoms with Crippen LogP contribution in [0.2, 0.25) is 0 Å². The predicted octanol–water partition coefficient (Wildman–Crippen LogP) is 1.76. The lowest BCUT2D eigenvalue weighted by atomic mass is 10.1. The van der Waals surface area contributed by atoms with Gasteiger partial charge in [0.2, 0.25) is 0 Å². The molecule has 0 saturated heterocycles. The molecule has 8 heteroatoms. The SMILES string of the molecule is COc1ccccc1C(=O)N[C@@H](CCSC)C(=O)O[C@H](C)C(=O)NC1CC1. The first-order chi connectivity index (χ1) is 13.0. The molecule has 0 bridgehead atoms. The number of hydrogen-bond acceptors (Lipinski definition) is 6. The van der Waals surface area contributed by atoms with Crippen LogP contribution in [0.25, 0.3) is 0 Å². The quantitative estimate of drug-likeness (QED) is 0.588. The van der Waals surface area contributed by atoms with Crippen LogP contribution in [0.3, 0.4) is 0 Å². The molecular formula is C19H26N2O5S. The maximum atomic E-state index is 12.6. The maximum Gasteiger partial charge on any atom is 0.329 e. The molecule has 27 heavy (non-hydrogen) atoms. The molecular weight excluding hydrogens is 368 g/mol. The summed E-state index contributed by atoms with van der Waals surface area (Å²) in [7, 11) is 1.48. The number of nitrogens with one attached hydrogen (secondary N) is 2. The normalized spacial score (nSPS) is 15.4. The van der Waals surface area contributed by atoms with E-state index in [-0.39, 0.29) is 11.9 Å². The standard InChI is InChI=1S/C19H26N2O5S/c1-12(17(22)20-13-8-9-13)26-19(24)15(10-11-27-3)21-18(23)14-6-4-5-7-16(14)25-2/h4-7,12-13,15H,8-11H2,1-3H3,(H,20,22)(H,21,23)/t12-,15+/m1/s1. The van der Waals surface area contributed by atoms with Gasteiger partial charge in [0.1, 0.15) is 11.8 Å². The number of carbonyl (C=O) groups excluding carboxylic acids is 3. The number of thioether (sulfide) groups is 1. The molecule has 2 atom stereocenters. The van der Waals surface area contributed by atoms with Gasteiger partial charge in [-0.1, -0.05) is 12.1 Å². The van der Waals surface area contributed by atoms with E-state index in [4.69, 9.17) is 9.47 Å². The van der Waals surface area contributed by atoms with E-state index in [1.165, 1.54) is 14.0 Å². The molecule has 1 aliphatic carbocycles. The van der Waals surface area contributed by atoms with Crippen molar-refractivity contribution in [1.82, 2.24) is 10.6 Å². The summed E-state index contributed by atoms with van der Waals surface area (Å²) in [6, 6.07) is 6.12. The topological polar surface area (TPSA) is 93.7 Å². The molecule has 0 heterocycles. The first-order valence-electron chi connectivity index (χ1n) is 8.90. The summed E-state index contributed by atoms with van der Waals surface area (Å²) in [6.07, 6.45) is 3.32. The lowest BCUT2D eigenvalue weighted by Gasteiger charge is -2.20. The molecule has 148 valence electrons. The van der Waals surface area contributed by atoms with Crippen LogP contribution in [-0.2, 0) is 14.3 Å². The van der Waals surface area contributed by atoms with E-state index in [0.717, 1.165) is 12.8 Å². The fraction of sp³-hybridized carbons (Fsp3) is 0.526. The van der Waals surface area contributed by atoms with Crippen molar-refractivity contribution >= 4 is 29.5 Å². The van der Waals surface area contributed by atoms with E-state index in [1.54, 1.807) is 36.0 Å². The highest BCUT2D eigenvalue weighted by molar-refractivity contribution is 7.98. The van der Waals surface area contributed by atoms with Crippen molar-refractivity contribution in [2.45, 2.75) is 44.4 Å². The molecule has 7 nitrogen and oxygen atoms in total. The van der Waals surface area contributed by atoms with Crippen LogP contribution in [0.5, 0.6) is 5.75 Å². The highest BCUT2D eigenvalue weighted by Gasteiger charge is 2.30. The maximum absolute atomic E-state index is 12.6. The highest BCUT2D eigenvalue weighted by Crippen LogP contribution is 2.19. The lowest BCUT2D eigenvalue weighted by molar-refractivity contribution is -0.156. The minimum absolute atomic E-state index is 0.191. The Hall–Kier alpha value is -2.22. The summed E-state index contributed by atoms with van der Waals surface area (Å²) in [5.41, 5.74) is 0.335. The fourth-order valence-electron chi connectivity index (χ4n) is 2.41. The van der Waals surface area contributed by atoms with Gasteiger partial charge in [-0.05, 0) is 50.3 Å². The average molecular weight is 394 g/mol. The van der Waals surface area contributed by atoms with E-state index < -0.39 is 24.0 Å². The summed E-state index contributed by atoms with van der Waals surface area (Å²) in [4.78, 5) is 37.1. The zero-order valence-electron chi connectivity index (χ0n) is 15.8. The number of hydrogen-bond donors (Lipinski definition) is 2. The van der Waals surface area contributed by atoms with Crippen LogP contribution >= 0.6 is 11.8 Å². The van der Waals surface area contributed by atoms with E-state index in [1.807, 2.05) is 6.26 Å². The van der Waals surface area contributed by atoms with Crippen molar-refractivity contribution < 1.29 is 23.9 Å². The van der Waals surface area contributed by atoms with Crippen molar-refractivity contribution in [2.24, 2.45) is 0 Å². The van der Waals surface area contributed by atoms with Gasteiger partial charge in [0.05, 0.1) is 12.7 Å². The monoisotopic (exact) mass is 394 g/mol. The summed E-state index contributed by atoms with van der Waals surface area (Å²) >= 11 is 1.56. The second-order valence-electron chi connectivity index (χ2n) is 6.37. The highest BCUT2D eigenvalue weighted by atomic mass is 32.2. The third-order valence-electron chi connectivity index (χ3n) is 4.14. The van der Waals surface area contributed by atoms with Gasteiger partial charge in [0.15, 0.2) is 6.10 Å². The number of rotatable bonds is 10. The van der Waals surface area contributed by atoms with Gasteiger partial charge >= 0.3 is 5.97 Å². The van der Waals surface area contributed by atoms with Gasteiger partial charge in [-0.2, -0.15) is 11.8 Å². The molecule has 1 fully saturated rings.